The highest BCUT2D eigenvalue weighted by Crippen LogP contribution is 2.55. The first-order chi connectivity index (χ1) is 8.08. The standard InChI is InChI=1S/C6ClF11O/c7-5(14,15)3(11,12)4(13,6(16,17)18)19-2(10)1(8)9. The van der Waals surface area contributed by atoms with E-state index >= 15 is 0 Å². The molecule has 1 unspecified atom stereocenters. The topological polar surface area (TPSA) is 9.23 Å². The average molecular weight is 332 g/mol. The maximum Gasteiger partial charge on any atom is 0.467 e. The molecule has 0 amide bonds. The molecule has 0 aromatic carbocycles. The minimum atomic E-state index is -7.00. The fraction of sp³-hybridized carbons (Fsp3) is 0.667. The molecule has 0 fully saturated rings. The largest absolute Gasteiger partial charge is 0.467 e. The van der Waals surface area contributed by atoms with E-state index in [1.165, 1.54) is 0 Å². The van der Waals surface area contributed by atoms with E-state index < -0.39 is 35.4 Å². The fourth-order valence-electron chi connectivity index (χ4n) is 0.644. The SMILES string of the molecule is FC(F)=C(F)OC(F)(C(F)(F)F)C(F)(F)C(F)(F)Cl. The summed E-state index contributed by atoms with van der Waals surface area (Å²) in [4.78, 5) is 0. The van der Waals surface area contributed by atoms with Crippen molar-refractivity contribution >= 4 is 11.6 Å². The van der Waals surface area contributed by atoms with Crippen molar-refractivity contribution in [3.63, 3.8) is 0 Å². The second kappa shape index (κ2) is 4.87. The van der Waals surface area contributed by atoms with Gasteiger partial charge in [-0.3, -0.25) is 0 Å². The van der Waals surface area contributed by atoms with Gasteiger partial charge in [0.25, 0.3) is 0 Å². The molecule has 0 aromatic heterocycles. The van der Waals surface area contributed by atoms with E-state index in [2.05, 4.69) is 11.6 Å². The normalized spacial score (nSPS) is 16.8. The van der Waals surface area contributed by atoms with Crippen LogP contribution in [-0.4, -0.2) is 23.3 Å². The van der Waals surface area contributed by atoms with Gasteiger partial charge in [-0.25, -0.2) is 0 Å². The number of ether oxygens (including phenoxy) is 1. The molecule has 1 atom stereocenters. The molecule has 1 nitrogen and oxygen atoms in total. The molecule has 0 saturated carbocycles. The zero-order chi connectivity index (χ0) is 15.9. The van der Waals surface area contributed by atoms with E-state index in [1.807, 2.05) is 4.74 Å². The third kappa shape index (κ3) is 3.15. The number of alkyl halides is 9. The summed E-state index contributed by atoms with van der Waals surface area (Å²) in [7, 11) is 0. The lowest BCUT2D eigenvalue weighted by Gasteiger charge is -2.35. The Labute approximate surface area is 101 Å². The van der Waals surface area contributed by atoms with Crippen LogP contribution in [0, 0.1) is 0 Å². The van der Waals surface area contributed by atoms with Crippen molar-refractivity contribution in [1.29, 1.82) is 0 Å². The minimum Gasteiger partial charge on any atom is -0.416 e. The molecular weight excluding hydrogens is 332 g/mol. The molecule has 0 aromatic rings. The van der Waals surface area contributed by atoms with Crippen LogP contribution in [0.15, 0.2) is 12.1 Å². The average Bonchev–Trinajstić information content (AvgIpc) is 2.13. The molecule has 114 valence electrons. The zero-order valence-corrected chi connectivity index (χ0v) is 8.70. The van der Waals surface area contributed by atoms with E-state index in [0.29, 0.717) is 0 Å². The van der Waals surface area contributed by atoms with Crippen LogP contribution in [0.3, 0.4) is 0 Å². The Hall–Kier alpha value is -0.940. The molecule has 19 heavy (non-hydrogen) atoms. The Bertz CT molecular complexity index is 364. The highest BCUT2D eigenvalue weighted by Gasteiger charge is 2.83. The molecular formula is C6ClF11O. The Morgan fingerprint density at radius 2 is 1.16 bits per heavy atom. The number of rotatable bonds is 4. The number of hydrogen-bond donors (Lipinski definition) is 0. The van der Waals surface area contributed by atoms with Crippen molar-refractivity contribution in [2.45, 2.75) is 23.3 Å². The summed E-state index contributed by atoms with van der Waals surface area (Å²) < 4.78 is 135. The summed E-state index contributed by atoms with van der Waals surface area (Å²) in [5.74, 6) is -13.7. The van der Waals surface area contributed by atoms with Crippen LogP contribution < -0.4 is 0 Å². The summed E-state index contributed by atoms with van der Waals surface area (Å²) in [6, 6.07) is -3.75. The Balaban J connectivity index is 5.92. The van der Waals surface area contributed by atoms with Crippen molar-refractivity contribution in [3.8, 4) is 0 Å². The van der Waals surface area contributed by atoms with Crippen molar-refractivity contribution in [1.82, 2.24) is 0 Å². The van der Waals surface area contributed by atoms with E-state index in [-0.39, 0.29) is 0 Å². The summed E-state index contributed by atoms with van der Waals surface area (Å²) in [6.07, 6.45) is -10.8. The predicted octanol–water partition coefficient (Wildman–Crippen LogP) is 4.73. The summed E-state index contributed by atoms with van der Waals surface area (Å²) in [5.41, 5.74) is 0. The van der Waals surface area contributed by atoms with Crippen LogP contribution in [0.4, 0.5) is 48.3 Å². The second-order valence-electron chi connectivity index (χ2n) is 2.80. The van der Waals surface area contributed by atoms with Crippen molar-refractivity contribution in [2.24, 2.45) is 0 Å². The maximum atomic E-state index is 12.9. The molecule has 0 aliphatic heterocycles. The van der Waals surface area contributed by atoms with E-state index in [0.717, 1.165) is 0 Å². The van der Waals surface area contributed by atoms with Gasteiger partial charge in [-0.15, -0.1) is 0 Å². The molecule has 0 aliphatic rings. The first kappa shape index (κ1) is 18.1. The summed E-state index contributed by atoms with van der Waals surface area (Å²) in [6.45, 7) is 0. The van der Waals surface area contributed by atoms with Crippen molar-refractivity contribution < 1.29 is 53.0 Å². The quantitative estimate of drug-likeness (QED) is 0.411. The highest BCUT2D eigenvalue weighted by molar-refractivity contribution is 6.22. The van der Waals surface area contributed by atoms with Gasteiger partial charge in [0, 0.05) is 0 Å². The highest BCUT2D eigenvalue weighted by atomic mass is 35.5. The molecule has 0 heterocycles. The van der Waals surface area contributed by atoms with E-state index in [9.17, 15) is 48.3 Å². The minimum absolute atomic E-state index is 2.01. The summed E-state index contributed by atoms with van der Waals surface area (Å²) in [5, 5.41) is -6.20. The van der Waals surface area contributed by atoms with Gasteiger partial charge in [-0.2, -0.15) is 48.3 Å². The molecule has 0 N–H and O–H groups in total. The number of halogens is 12. The van der Waals surface area contributed by atoms with Gasteiger partial charge in [0.05, 0.1) is 0 Å². The van der Waals surface area contributed by atoms with E-state index in [1.54, 1.807) is 0 Å². The molecule has 0 saturated heterocycles. The molecule has 0 bridgehead atoms. The van der Waals surface area contributed by atoms with E-state index in [4.69, 9.17) is 0 Å². The van der Waals surface area contributed by atoms with Crippen molar-refractivity contribution in [3.05, 3.63) is 12.1 Å². The van der Waals surface area contributed by atoms with Crippen LogP contribution in [0.1, 0.15) is 0 Å². The zero-order valence-electron chi connectivity index (χ0n) is 7.94. The maximum absolute atomic E-state index is 12.9. The number of hydrogen-bond acceptors (Lipinski definition) is 1. The van der Waals surface area contributed by atoms with Crippen LogP contribution in [0.2, 0.25) is 0 Å². The Morgan fingerprint density at radius 1 is 0.789 bits per heavy atom. The van der Waals surface area contributed by atoms with Gasteiger partial charge in [-0.1, -0.05) is 0 Å². The molecule has 0 aliphatic carbocycles. The monoisotopic (exact) mass is 332 g/mol. The molecule has 0 rings (SSSR count). The van der Waals surface area contributed by atoms with Crippen LogP contribution >= 0.6 is 11.6 Å². The lowest BCUT2D eigenvalue weighted by atomic mass is 10.1. The second-order valence-corrected chi connectivity index (χ2v) is 3.28. The van der Waals surface area contributed by atoms with Gasteiger partial charge in [0.2, 0.25) is 0 Å². The van der Waals surface area contributed by atoms with Gasteiger partial charge >= 0.3 is 35.4 Å². The van der Waals surface area contributed by atoms with Crippen LogP contribution in [0.25, 0.3) is 0 Å². The molecule has 0 radical (unpaired) electrons. The van der Waals surface area contributed by atoms with Gasteiger partial charge in [-0.05, 0) is 11.6 Å². The molecule has 0 spiro atoms. The van der Waals surface area contributed by atoms with Crippen LogP contribution in [-0.2, 0) is 4.74 Å². The van der Waals surface area contributed by atoms with Gasteiger partial charge in [0.15, 0.2) is 0 Å². The fourth-order valence-corrected chi connectivity index (χ4v) is 0.766. The third-order valence-electron chi connectivity index (χ3n) is 1.50. The van der Waals surface area contributed by atoms with Crippen LogP contribution in [0.5, 0.6) is 0 Å². The summed E-state index contributed by atoms with van der Waals surface area (Å²) >= 11 is 3.55. The molecule has 13 heteroatoms. The Kier molecular flexibility index (Phi) is 4.63. The van der Waals surface area contributed by atoms with Gasteiger partial charge < -0.3 is 4.74 Å². The van der Waals surface area contributed by atoms with Crippen molar-refractivity contribution in [2.75, 3.05) is 0 Å². The third-order valence-corrected chi connectivity index (χ3v) is 1.74. The lowest BCUT2D eigenvalue weighted by molar-refractivity contribution is -0.417. The lowest BCUT2D eigenvalue weighted by Crippen LogP contribution is -2.63. The smallest absolute Gasteiger partial charge is 0.416 e. The predicted molar refractivity (Wildman–Crippen MR) is 37.1 cm³/mol. The first-order valence-electron chi connectivity index (χ1n) is 3.68. The Morgan fingerprint density at radius 3 is 1.37 bits per heavy atom. The first-order valence-corrected chi connectivity index (χ1v) is 4.05. The van der Waals surface area contributed by atoms with Gasteiger partial charge in [0.1, 0.15) is 0 Å².